The van der Waals surface area contributed by atoms with Crippen molar-refractivity contribution in [2.75, 3.05) is 11.4 Å². The van der Waals surface area contributed by atoms with Crippen LogP contribution < -0.4 is 4.90 Å². The molecule has 3 aromatic rings. The number of benzene rings is 1. The Hall–Kier alpha value is -3.09. The number of amides is 1. The van der Waals surface area contributed by atoms with Crippen LogP contribution in [0.5, 0.6) is 0 Å². The second-order valence-corrected chi connectivity index (χ2v) is 6.06. The first-order valence-corrected chi connectivity index (χ1v) is 7.92. The molecule has 0 N–H and O–H groups in total. The lowest BCUT2D eigenvalue weighted by Crippen LogP contribution is -2.25. The first kappa shape index (κ1) is 15.4. The van der Waals surface area contributed by atoms with E-state index in [9.17, 15) is 9.18 Å². The predicted octanol–water partition coefficient (Wildman–Crippen LogP) is 3.10. The van der Waals surface area contributed by atoms with Crippen LogP contribution in [0, 0.1) is 12.7 Å². The van der Waals surface area contributed by atoms with E-state index in [1.54, 1.807) is 37.5 Å². The molecule has 1 unspecified atom stereocenters. The molecule has 1 aliphatic heterocycles. The number of hydrogen-bond acceptors (Lipinski definition) is 5. The van der Waals surface area contributed by atoms with Gasteiger partial charge in [-0.1, -0.05) is 11.2 Å². The largest absolute Gasteiger partial charge is 0.339 e. The minimum absolute atomic E-state index is 0.158. The molecule has 126 valence electrons. The van der Waals surface area contributed by atoms with Crippen LogP contribution in [0.4, 0.5) is 10.1 Å². The lowest BCUT2D eigenvalue weighted by Gasteiger charge is -2.17. The summed E-state index contributed by atoms with van der Waals surface area (Å²) in [6.45, 7) is 2.12. The van der Waals surface area contributed by atoms with Crippen LogP contribution in [0.3, 0.4) is 0 Å². The Morgan fingerprint density at radius 1 is 1.32 bits per heavy atom. The number of rotatable bonds is 3. The fourth-order valence-corrected chi connectivity index (χ4v) is 2.95. The molecule has 0 spiro atoms. The van der Waals surface area contributed by atoms with E-state index in [0.29, 0.717) is 18.3 Å². The van der Waals surface area contributed by atoms with E-state index in [-0.39, 0.29) is 23.9 Å². The number of carbonyl (C=O) groups excluding carboxylic acids is 1. The molecule has 0 saturated carbocycles. The molecular weight excluding hydrogens is 323 g/mol. The molecule has 1 fully saturated rings. The molecular formula is C18H15FN4O2. The topological polar surface area (TPSA) is 72.1 Å². The van der Waals surface area contributed by atoms with Gasteiger partial charge in [-0.2, -0.15) is 4.98 Å². The number of hydrogen-bond donors (Lipinski definition) is 0. The summed E-state index contributed by atoms with van der Waals surface area (Å²) >= 11 is 0. The van der Waals surface area contributed by atoms with Crippen molar-refractivity contribution >= 4 is 11.6 Å². The van der Waals surface area contributed by atoms with Crippen molar-refractivity contribution in [3.8, 4) is 11.4 Å². The highest BCUT2D eigenvalue weighted by atomic mass is 19.1. The fourth-order valence-electron chi connectivity index (χ4n) is 2.95. The van der Waals surface area contributed by atoms with Crippen LogP contribution in [-0.4, -0.2) is 27.6 Å². The predicted molar refractivity (Wildman–Crippen MR) is 88.4 cm³/mol. The zero-order valence-electron chi connectivity index (χ0n) is 13.5. The van der Waals surface area contributed by atoms with Crippen LogP contribution in [0.1, 0.15) is 23.8 Å². The molecule has 1 amide bonds. The maximum atomic E-state index is 14.2. The number of anilines is 1. The van der Waals surface area contributed by atoms with Gasteiger partial charge in [0.15, 0.2) is 0 Å². The Morgan fingerprint density at radius 3 is 2.96 bits per heavy atom. The highest BCUT2D eigenvalue weighted by Crippen LogP contribution is 2.33. The maximum Gasteiger partial charge on any atom is 0.232 e. The minimum Gasteiger partial charge on any atom is -0.339 e. The van der Waals surface area contributed by atoms with E-state index in [1.165, 1.54) is 11.0 Å². The molecule has 7 heteroatoms. The lowest BCUT2D eigenvalue weighted by molar-refractivity contribution is -0.117. The Kier molecular flexibility index (Phi) is 3.76. The standard InChI is InChI=1S/C18H15FN4O2/c1-11-4-5-15(14(19)7-11)23-10-13(8-16(23)24)18-21-17(22-25-18)12-3-2-6-20-9-12/h2-7,9,13H,8,10H2,1H3. The highest BCUT2D eigenvalue weighted by Gasteiger charge is 2.36. The number of carbonyl (C=O) groups is 1. The van der Waals surface area contributed by atoms with E-state index in [0.717, 1.165) is 11.1 Å². The molecule has 1 saturated heterocycles. The first-order valence-electron chi connectivity index (χ1n) is 7.92. The Labute approximate surface area is 143 Å². The van der Waals surface area contributed by atoms with Crippen molar-refractivity contribution in [3.05, 3.63) is 60.0 Å². The average Bonchev–Trinajstić information content (AvgIpc) is 3.23. The van der Waals surface area contributed by atoms with Gasteiger partial charge in [-0.3, -0.25) is 9.78 Å². The van der Waals surface area contributed by atoms with Gasteiger partial charge in [-0.25, -0.2) is 4.39 Å². The summed E-state index contributed by atoms with van der Waals surface area (Å²) in [6.07, 6.45) is 3.51. The zero-order chi connectivity index (χ0) is 17.4. The summed E-state index contributed by atoms with van der Waals surface area (Å²) in [6, 6.07) is 8.44. The average molecular weight is 338 g/mol. The number of aromatic nitrogens is 3. The Bertz CT molecular complexity index is 926. The van der Waals surface area contributed by atoms with Gasteiger partial charge in [-0.05, 0) is 36.8 Å². The number of nitrogens with zero attached hydrogens (tertiary/aromatic N) is 4. The van der Waals surface area contributed by atoms with E-state index in [4.69, 9.17) is 4.52 Å². The van der Waals surface area contributed by atoms with Crippen molar-refractivity contribution in [1.29, 1.82) is 0 Å². The summed E-state index contributed by atoms with van der Waals surface area (Å²) in [5.74, 6) is -0.0201. The SMILES string of the molecule is Cc1ccc(N2CC(c3nc(-c4cccnc4)no3)CC2=O)c(F)c1. The summed E-state index contributed by atoms with van der Waals surface area (Å²) in [5, 5.41) is 3.95. The van der Waals surface area contributed by atoms with Gasteiger partial charge in [0, 0.05) is 30.9 Å². The maximum absolute atomic E-state index is 14.2. The lowest BCUT2D eigenvalue weighted by atomic mass is 10.1. The van der Waals surface area contributed by atoms with E-state index < -0.39 is 5.82 Å². The third-order valence-electron chi connectivity index (χ3n) is 4.23. The molecule has 1 aliphatic rings. The van der Waals surface area contributed by atoms with Crippen LogP contribution in [0.25, 0.3) is 11.4 Å². The van der Waals surface area contributed by atoms with Crippen LogP contribution >= 0.6 is 0 Å². The molecule has 4 rings (SSSR count). The molecule has 0 radical (unpaired) electrons. The summed E-state index contributed by atoms with van der Waals surface area (Å²) in [5.41, 5.74) is 1.83. The molecule has 3 heterocycles. The van der Waals surface area contributed by atoms with Crippen molar-refractivity contribution < 1.29 is 13.7 Å². The van der Waals surface area contributed by atoms with Gasteiger partial charge in [-0.15, -0.1) is 0 Å². The summed E-state index contributed by atoms with van der Waals surface area (Å²) in [7, 11) is 0. The zero-order valence-corrected chi connectivity index (χ0v) is 13.5. The van der Waals surface area contributed by atoms with Gasteiger partial charge in [0.2, 0.25) is 17.6 Å². The van der Waals surface area contributed by atoms with Gasteiger partial charge in [0.05, 0.1) is 11.6 Å². The molecule has 0 aliphatic carbocycles. The molecule has 2 aromatic heterocycles. The quantitative estimate of drug-likeness (QED) is 0.734. The summed E-state index contributed by atoms with van der Waals surface area (Å²) in [4.78, 5) is 22.2. The van der Waals surface area contributed by atoms with Gasteiger partial charge < -0.3 is 9.42 Å². The minimum atomic E-state index is -0.407. The highest BCUT2D eigenvalue weighted by molar-refractivity contribution is 5.96. The van der Waals surface area contributed by atoms with E-state index in [2.05, 4.69) is 15.1 Å². The van der Waals surface area contributed by atoms with E-state index >= 15 is 0 Å². The Balaban J connectivity index is 1.57. The third kappa shape index (κ3) is 2.88. The van der Waals surface area contributed by atoms with Crippen molar-refractivity contribution in [3.63, 3.8) is 0 Å². The van der Waals surface area contributed by atoms with Crippen molar-refractivity contribution in [2.24, 2.45) is 0 Å². The monoisotopic (exact) mass is 338 g/mol. The van der Waals surface area contributed by atoms with Crippen LogP contribution in [-0.2, 0) is 4.79 Å². The normalized spacial score (nSPS) is 17.3. The number of aryl methyl sites for hydroxylation is 1. The second kappa shape index (κ2) is 6.08. The van der Waals surface area contributed by atoms with E-state index in [1.807, 2.05) is 6.07 Å². The van der Waals surface area contributed by atoms with Gasteiger partial charge in [0.25, 0.3) is 0 Å². The molecule has 1 aromatic carbocycles. The van der Waals surface area contributed by atoms with Crippen LogP contribution in [0.15, 0.2) is 47.2 Å². The Morgan fingerprint density at radius 2 is 2.20 bits per heavy atom. The third-order valence-corrected chi connectivity index (χ3v) is 4.23. The molecule has 25 heavy (non-hydrogen) atoms. The molecule has 0 bridgehead atoms. The number of halogens is 1. The first-order chi connectivity index (χ1) is 12.1. The number of pyridine rings is 1. The molecule has 1 atom stereocenters. The van der Waals surface area contributed by atoms with Gasteiger partial charge >= 0.3 is 0 Å². The van der Waals surface area contributed by atoms with Crippen molar-refractivity contribution in [2.45, 2.75) is 19.3 Å². The van der Waals surface area contributed by atoms with Gasteiger partial charge in [0.1, 0.15) is 5.82 Å². The van der Waals surface area contributed by atoms with Crippen molar-refractivity contribution in [1.82, 2.24) is 15.1 Å². The smallest absolute Gasteiger partial charge is 0.232 e. The molecule has 6 nitrogen and oxygen atoms in total. The fraction of sp³-hybridized carbons (Fsp3) is 0.222. The van der Waals surface area contributed by atoms with Crippen LogP contribution in [0.2, 0.25) is 0 Å². The second-order valence-electron chi connectivity index (χ2n) is 6.06. The summed E-state index contributed by atoms with van der Waals surface area (Å²) < 4.78 is 19.5.